The molecule has 0 aromatic heterocycles. The summed E-state index contributed by atoms with van der Waals surface area (Å²) in [4.78, 5) is 13.9. The van der Waals surface area contributed by atoms with Gasteiger partial charge in [0, 0.05) is 19.1 Å². The van der Waals surface area contributed by atoms with Crippen LogP contribution in [0.15, 0.2) is 0 Å². The van der Waals surface area contributed by atoms with Gasteiger partial charge in [0.05, 0.1) is 6.04 Å². The van der Waals surface area contributed by atoms with E-state index in [-0.39, 0.29) is 11.9 Å². The first-order valence-corrected chi connectivity index (χ1v) is 6.62. The lowest BCUT2D eigenvalue weighted by atomic mass is 10.0. The number of nitrogens with zero attached hydrogens (tertiary/aromatic N) is 1. The van der Waals surface area contributed by atoms with Gasteiger partial charge in [0.2, 0.25) is 5.91 Å². The smallest absolute Gasteiger partial charge is 0.236 e. The molecule has 0 rings (SSSR count). The summed E-state index contributed by atoms with van der Waals surface area (Å²) in [6, 6.07) is 0.181. The molecule has 0 aromatic rings. The van der Waals surface area contributed by atoms with Crippen LogP contribution in [0.2, 0.25) is 0 Å². The zero-order chi connectivity index (χ0) is 13.4. The van der Waals surface area contributed by atoms with Crippen LogP contribution in [0.4, 0.5) is 0 Å². The Balaban J connectivity index is 3.77. The van der Waals surface area contributed by atoms with Gasteiger partial charge in [0.1, 0.15) is 0 Å². The van der Waals surface area contributed by atoms with Gasteiger partial charge >= 0.3 is 0 Å². The number of hydrogen-bond donors (Lipinski definition) is 2. The Kier molecular flexibility index (Phi) is 8.17. The van der Waals surface area contributed by atoms with Gasteiger partial charge in [-0.1, -0.05) is 20.8 Å². The van der Waals surface area contributed by atoms with Crippen molar-refractivity contribution in [2.24, 2.45) is 11.7 Å². The van der Waals surface area contributed by atoms with E-state index >= 15 is 0 Å². The number of likely N-dealkylation sites (N-methyl/N-ethyl adjacent to an activating group) is 1. The van der Waals surface area contributed by atoms with E-state index in [4.69, 9.17) is 5.73 Å². The molecule has 0 heterocycles. The summed E-state index contributed by atoms with van der Waals surface area (Å²) in [6.07, 6.45) is 1.87. The number of nitrogens with one attached hydrogen (secondary N) is 1. The molecule has 0 aliphatic rings. The molecule has 0 aliphatic carbocycles. The lowest BCUT2D eigenvalue weighted by molar-refractivity contribution is -0.122. The van der Waals surface area contributed by atoms with E-state index in [1.165, 1.54) is 0 Å². The van der Waals surface area contributed by atoms with Crippen molar-refractivity contribution in [1.82, 2.24) is 10.2 Å². The van der Waals surface area contributed by atoms with Crippen molar-refractivity contribution in [3.63, 3.8) is 0 Å². The van der Waals surface area contributed by atoms with Crippen LogP contribution in [-0.4, -0.2) is 43.0 Å². The molecule has 0 saturated heterocycles. The van der Waals surface area contributed by atoms with E-state index in [1.54, 1.807) is 0 Å². The molecule has 0 spiro atoms. The van der Waals surface area contributed by atoms with Gasteiger partial charge in [-0.15, -0.1) is 0 Å². The normalized spacial score (nSPS) is 15.1. The molecule has 0 aromatic carbocycles. The second-order valence-electron chi connectivity index (χ2n) is 5.26. The number of hydrogen-bond acceptors (Lipinski definition) is 3. The SMILES string of the molecule is CCC(C)N(C)CCNC(=O)[C@H](N)CC(C)C. The molecular formula is C13H29N3O. The van der Waals surface area contributed by atoms with E-state index in [2.05, 4.69) is 45.0 Å². The van der Waals surface area contributed by atoms with Crippen LogP contribution in [0, 0.1) is 5.92 Å². The monoisotopic (exact) mass is 243 g/mol. The summed E-state index contributed by atoms with van der Waals surface area (Å²) in [7, 11) is 2.08. The van der Waals surface area contributed by atoms with Crippen LogP contribution in [0.3, 0.4) is 0 Å². The summed E-state index contributed by atoms with van der Waals surface area (Å²) in [5.74, 6) is 0.426. The summed E-state index contributed by atoms with van der Waals surface area (Å²) >= 11 is 0. The first-order chi connectivity index (χ1) is 7.88. The van der Waals surface area contributed by atoms with Crippen molar-refractivity contribution < 1.29 is 4.79 Å². The third kappa shape index (κ3) is 7.34. The van der Waals surface area contributed by atoms with E-state index < -0.39 is 0 Å². The van der Waals surface area contributed by atoms with Crippen molar-refractivity contribution in [3.8, 4) is 0 Å². The molecule has 0 aliphatic heterocycles. The van der Waals surface area contributed by atoms with Gasteiger partial charge in [-0.05, 0) is 32.7 Å². The summed E-state index contributed by atoms with van der Waals surface area (Å²) in [5, 5.41) is 2.89. The second kappa shape index (κ2) is 8.48. The Hall–Kier alpha value is -0.610. The standard InChI is InChI=1S/C13H29N3O/c1-6-11(4)16(5)8-7-15-13(17)12(14)9-10(2)3/h10-12H,6-9,14H2,1-5H3,(H,15,17)/t11?,12-/m1/s1. The Labute approximate surface area is 106 Å². The average Bonchev–Trinajstić information content (AvgIpc) is 2.26. The highest BCUT2D eigenvalue weighted by molar-refractivity contribution is 5.81. The molecular weight excluding hydrogens is 214 g/mol. The molecule has 17 heavy (non-hydrogen) atoms. The molecule has 4 heteroatoms. The maximum Gasteiger partial charge on any atom is 0.236 e. The van der Waals surface area contributed by atoms with Crippen LogP contribution in [-0.2, 0) is 4.79 Å². The third-order valence-corrected chi connectivity index (χ3v) is 3.17. The maximum absolute atomic E-state index is 11.6. The highest BCUT2D eigenvalue weighted by Gasteiger charge is 2.14. The van der Waals surface area contributed by atoms with E-state index in [0.29, 0.717) is 18.5 Å². The zero-order valence-electron chi connectivity index (χ0n) is 12.0. The second-order valence-corrected chi connectivity index (χ2v) is 5.26. The van der Waals surface area contributed by atoms with Gasteiger partial charge in [-0.2, -0.15) is 0 Å². The number of rotatable bonds is 8. The Morgan fingerprint density at radius 2 is 1.94 bits per heavy atom. The number of carbonyl (C=O) groups is 1. The fraction of sp³-hybridized carbons (Fsp3) is 0.923. The zero-order valence-corrected chi connectivity index (χ0v) is 12.0. The fourth-order valence-electron chi connectivity index (χ4n) is 1.63. The molecule has 102 valence electrons. The van der Waals surface area contributed by atoms with Crippen molar-refractivity contribution in [2.45, 2.75) is 52.6 Å². The molecule has 3 N–H and O–H groups in total. The largest absolute Gasteiger partial charge is 0.353 e. The molecule has 1 amide bonds. The highest BCUT2D eigenvalue weighted by atomic mass is 16.2. The number of nitrogens with two attached hydrogens (primary N) is 1. The third-order valence-electron chi connectivity index (χ3n) is 3.17. The lowest BCUT2D eigenvalue weighted by Crippen LogP contribution is -2.44. The highest BCUT2D eigenvalue weighted by Crippen LogP contribution is 2.02. The summed E-state index contributed by atoms with van der Waals surface area (Å²) in [6.45, 7) is 10.0. The van der Waals surface area contributed by atoms with Crippen molar-refractivity contribution in [3.05, 3.63) is 0 Å². The van der Waals surface area contributed by atoms with Crippen LogP contribution in [0.5, 0.6) is 0 Å². The minimum Gasteiger partial charge on any atom is -0.353 e. The quantitative estimate of drug-likeness (QED) is 0.673. The predicted octanol–water partition coefficient (Wildman–Crippen LogP) is 1.21. The van der Waals surface area contributed by atoms with Gasteiger partial charge in [0.15, 0.2) is 0 Å². The van der Waals surface area contributed by atoms with Gasteiger partial charge in [0.25, 0.3) is 0 Å². The van der Waals surface area contributed by atoms with Crippen molar-refractivity contribution >= 4 is 5.91 Å². The van der Waals surface area contributed by atoms with Gasteiger partial charge in [-0.25, -0.2) is 0 Å². The topological polar surface area (TPSA) is 58.4 Å². The number of amides is 1. The van der Waals surface area contributed by atoms with Crippen LogP contribution in [0.25, 0.3) is 0 Å². The Morgan fingerprint density at radius 3 is 2.41 bits per heavy atom. The molecule has 0 radical (unpaired) electrons. The Morgan fingerprint density at radius 1 is 1.35 bits per heavy atom. The minimum atomic E-state index is -0.371. The molecule has 1 unspecified atom stereocenters. The Bertz CT molecular complexity index is 219. The molecule has 2 atom stereocenters. The maximum atomic E-state index is 11.6. The average molecular weight is 243 g/mol. The minimum absolute atomic E-state index is 0.0312. The van der Waals surface area contributed by atoms with E-state index in [0.717, 1.165) is 19.4 Å². The first kappa shape index (κ1) is 16.4. The van der Waals surface area contributed by atoms with Crippen molar-refractivity contribution in [2.75, 3.05) is 20.1 Å². The van der Waals surface area contributed by atoms with Gasteiger partial charge in [-0.3, -0.25) is 4.79 Å². The van der Waals surface area contributed by atoms with Gasteiger partial charge < -0.3 is 16.0 Å². The van der Waals surface area contributed by atoms with E-state index in [1.807, 2.05) is 0 Å². The summed E-state index contributed by atoms with van der Waals surface area (Å²) < 4.78 is 0. The molecule has 0 saturated carbocycles. The van der Waals surface area contributed by atoms with Crippen molar-refractivity contribution in [1.29, 1.82) is 0 Å². The van der Waals surface area contributed by atoms with E-state index in [9.17, 15) is 4.79 Å². The lowest BCUT2D eigenvalue weighted by Gasteiger charge is -2.23. The number of carbonyl (C=O) groups excluding carboxylic acids is 1. The van der Waals surface area contributed by atoms with Crippen LogP contribution < -0.4 is 11.1 Å². The molecule has 0 fully saturated rings. The fourth-order valence-corrected chi connectivity index (χ4v) is 1.63. The first-order valence-electron chi connectivity index (χ1n) is 6.62. The molecule has 0 bridgehead atoms. The summed E-state index contributed by atoms with van der Waals surface area (Å²) in [5.41, 5.74) is 5.80. The van der Waals surface area contributed by atoms with Crippen LogP contribution in [0.1, 0.15) is 40.5 Å². The van der Waals surface area contributed by atoms with Crippen LogP contribution >= 0.6 is 0 Å². The molecule has 4 nitrogen and oxygen atoms in total. The predicted molar refractivity (Wildman–Crippen MR) is 72.8 cm³/mol.